The molecule has 15 heavy (non-hydrogen) atoms. The zero-order valence-electron chi connectivity index (χ0n) is 7.98. The van der Waals surface area contributed by atoms with Crippen molar-refractivity contribution in [3.63, 3.8) is 0 Å². The number of hydrogen-bond donors (Lipinski definition) is 0. The van der Waals surface area contributed by atoms with Crippen LogP contribution in [0.4, 0.5) is 0 Å². The van der Waals surface area contributed by atoms with E-state index in [1.165, 1.54) is 7.11 Å². The summed E-state index contributed by atoms with van der Waals surface area (Å²) in [6, 6.07) is 8.35. The molecule has 1 aromatic carbocycles. The Morgan fingerprint density at radius 3 is 2.93 bits per heavy atom. The number of carbonyl (C=O) groups excluding carboxylic acids is 1. The van der Waals surface area contributed by atoms with Crippen LogP contribution in [-0.4, -0.2) is 13.1 Å². The van der Waals surface area contributed by atoms with Gasteiger partial charge >= 0.3 is 5.97 Å². The highest BCUT2D eigenvalue weighted by Crippen LogP contribution is 2.20. The molecule has 0 atom stereocenters. The number of rotatable bonds is 1. The van der Waals surface area contributed by atoms with Crippen molar-refractivity contribution in [2.45, 2.75) is 0 Å². The number of benzene rings is 1. The van der Waals surface area contributed by atoms with Gasteiger partial charge in [-0.15, -0.1) is 0 Å². The fourth-order valence-corrected chi connectivity index (χ4v) is 1.34. The van der Waals surface area contributed by atoms with Gasteiger partial charge in [0, 0.05) is 11.5 Å². The molecule has 0 aliphatic heterocycles. The fraction of sp³-hybridized carbons (Fsp3) is 0.0909. The SMILES string of the molecule is COC(=O)c1ccc2oc(C#N)cc2c1. The third-order valence-corrected chi connectivity index (χ3v) is 2.05. The number of nitriles is 1. The lowest BCUT2D eigenvalue weighted by Gasteiger charge is -1.97. The van der Waals surface area contributed by atoms with Gasteiger partial charge in [-0.3, -0.25) is 0 Å². The van der Waals surface area contributed by atoms with E-state index in [1.807, 2.05) is 6.07 Å². The number of fused-ring (bicyclic) bond motifs is 1. The average Bonchev–Trinajstić information content (AvgIpc) is 2.69. The Balaban J connectivity index is 2.56. The van der Waals surface area contributed by atoms with Crippen LogP contribution < -0.4 is 0 Å². The predicted molar refractivity (Wildman–Crippen MR) is 52.3 cm³/mol. The molecule has 74 valence electrons. The Kier molecular flexibility index (Phi) is 2.14. The van der Waals surface area contributed by atoms with Crippen LogP contribution in [0.3, 0.4) is 0 Å². The van der Waals surface area contributed by atoms with Crippen LogP contribution in [0, 0.1) is 11.3 Å². The van der Waals surface area contributed by atoms with E-state index in [-0.39, 0.29) is 5.76 Å². The van der Waals surface area contributed by atoms with Gasteiger partial charge < -0.3 is 9.15 Å². The van der Waals surface area contributed by atoms with Crippen molar-refractivity contribution in [3.8, 4) is 6.07 Å². The van der Waals surface area contributed by atoms with E-state index in [9.17, 15) is 4.79 Å². The Morgan fingerprint density at radius 2 is 2.27 bits per heavy atom. The quantitative estimate of drug-likeness (QED) is 0.662. The van der Waals surface area contributed by atoms with Gasteiger partial charge in [-0.1, -0.05) is 0 Å². The van der Waals surface area contributed by atoms with Gasteiger partial charge in [-0.05, 0) is 18.2 Å². The maximum atomic E-state index is 11.2. The molecule has 4 heteroatoms. The van der Waals surface area contributed by atoms with E-state index in [0.29, 0.717) is 11.1 Å². The zero-order valence-corrected chi connectivity index (χ0v) is 7.98. The smallest absolute Gasteiger partial charge is 0.337 e. The Hall–Kier alpha value is -2.28. The lowest BCUT2D eigenvalue weighted by atomic mass is 10.1. The second kappa shape index (κ2) is 3.46. The number of methoxy groups -OCH3 is 1. The normalized spacial score (nSPS) is 9.87. The molecule has 0 saturated carbocycles. The van der Waals surface area contributed by atoms with Gasteiger partial charge in [0.1, 0.15) is 11.7 Å². The Morgan fingerprint density at radius 1 is 1.47 bits per heavy atom. The summed E-state index contributed by atoms with van der Waals surface area (Å²) in [4.78, 5) is 11.2. The van der Waals surface area contributed by atoms with Crippen molar-refractivity contribution >= 4 is 16.9 Å². The first-order chi connectivity index (χ1) is 7.24. The zero-order chi connectivity index (χ0) is 10.8. The number of carbonyl (C=O) groups is 1. The summed E-state index contributed by atoms with van der Waals surface area (Å²) in [7, 11) is 1.32. The average molecular weight is 201 g/mol. The molecule has 0 radical (unpaired) electrons. The summed E-state index contributed by atoms with van der Waals surface area (Å²) in [5.74, 6) is -0.177. The number of esters is 1. The number of hydrogen-bond acceptors (Lipinski definition) is 4. The van der Waals surface area contributed by atoms with Crippen LogP contribution >= 0.6 is 0 Å². The van der Waals surface area contributed by atoms with E-state index in [2.05, 4.69) is 4.74 Å². The second-order valence-corrected chi connectivity index (χ2v) is 2.97. The molecular formula is C11H7NO3. The highest BCUT2D eigenvalue weighted by atomic mass is 16.5. The summed E-state index contributed by atoms with van der Waals surface area (Å²) >= 11 is 0. The van der Waals surface area contributed by atoms with E-state index in [4.69, 9.17) is 9.68 Å². The van der Waals surface area contributed by atoms with Gasteiger partial charge in [0.2, 0.25) is 5.76 Å². The first kappa shape index (κ1) is 9.28. The van der Waals surface area contributed by atoms with E-state index in [0.717, 1.165) is 5.39 Å². The summed E-state index contributed by atoms with van der Waals surface area (Å²) in [6.45, 7) is 0. The third kappa shape index (κ3) is 1.55. The van der Waals surface area contributed by atoms with Crippen LogP contribution in [-0.2, 0) is 4.74 Å². The number of furan rings is 1. The van der Waals surface area contributed by atoms with Crippen molar-refractivity contribution in [1.29, 1.82) is 5.26 Å². The largest absolute Gasteiger partial charge is 0.465 e. The lowest BCUT2D eigenvalue weighted by Crippen LogP contribution is -1.99. The van der Waals surface area contributed by atoms with Gasteiger partial charge in [0.25, 0.3) is 0 Å². The predicted octanol–water partition coefficient (Wildman–Crippen LogP) is 2.09. The topological polar surface area (TPSA) is 63.2 Å². The standard InChI is InChI=1S/C11H7NO3/c1-14-11(13)7-2-3-10-8(4-7)5-9(6-12)15-10/h2-5H,1H3. The monoisotopic (exact) mass is 201 g/mol. The van der Waals surface area contributed by atoms with E-state index in [1.54, 1.807) is 24.3 Å². The number of nitrogens with zero attached hydrogens (tertiary/aromatic N) is 1. The highest BCUT2D eigenvalue weighted by Gasteiger charge is 2.08. The summed E-state index contributed by atoms with van der Waals surface area (Å²) in [5, 5.41) is 9.34. The molecule has 1 aromatic heterocycles. The Bertz CT molecular complexity index is 563. The molecule has 1 heterocycles. The maximum absolute atomic E-state index is 11.2. The first-order valence-electron chi connectivity index (χ1n) is 4.26. The van der Waals surface area contributed by atoms with Gasteiger partial charge in [0.05, 0.1) is 12.7 Å². The molecule has 4 nitrogen and oxygen atoms in total. The minimum atomic E-state index is -0.406. The second-order valence-electron chi connectivity index (χ2n) is 2.97. The van der Waals surface area contributed by atoms with E-state index < -0.39 is 5.97 Å². The van der Waals surface area contributed by atoms with Crippen molar-refractivity contribution in [3.05, 3.63) is 35.6 Å². The van der Waals surface area contributed by atoms with Crippen molar-refractivity contribution < 1.29 is 13.9 Å². The van der Waals surface area contributed by atoms with Gasteiger partial charge in [-0.2, -0.15) is 5.26 Å². The van der Waals surface area contributed by atoms with Crippen molar-refractivity contribution in [1.82, 2.24) is 0 Å². The molecular weight excluding hydrogens is 194 g/mol. The summed E-state index contributed by atoms with van der Waals surface area (Å²) in [6.07, 6.45) is 0. The molecule has 0 spiro atoms. The number of ether oxygens (including phenoxy) is 1. The molecule has 0 fully saturated rings. The molecule has 0 saturated heterocycles. The van der Waals surface area contributed by atoms with Crippen LogP contribution in [0.5, 0.6) is 0 Å². The molecule has 0 aliphatic carbocycles. The van der Waals surface area contributed by atoms with E-state index >= 15 is 0 Å². The van der Waals surface area contributed by atoms with Crippen molar-refractivity contribution in [2.75, 3.05) is 7.11 Å². The van der Waals surface area contributed by atoms with Crippen LogP contribution in [0.25, 0.3) is 11.0 Å². The lowest BCUT2D eigenvalue weighted by molar-refractivity contribution is 0.0601. The molecule has 0 N–H and O–H groups in total. The summed E-state index contributed by atoms with van der Waals surface area (Å²) < 4.78 is 9.76. The van der Waals surface area contributed by atoms with Crippen LogP contribution in [0.1, 0.15) is 16.1 Å². The van der Waals surface area contributed by atoms with Gasteiger partial charge in [0.15, 0.2) is 0 Å². The first-order valence-corrected chi connectivity index (χ1v) is 4.26. The van der Waals surface area contributed by atoms with Crippen molar-refractivity contribution in [2.24, 2.45) is 0 Å². The Labute approximate surface area is 85.7 Å². The molecule has 0 unspecified atom stereocenters. The fourth-order valence-electron chi connectivity index (χ4n) is 1.34. The minimum Gasteiger partial charge on any atom is -0.465 e. The van der Waals surface area contributed by atoms with Crippen LogP contribution in [0.2, 0.25) is 0 Å². The third-order valence-electron chi connectivity index (χ3n) is 2.05. The molecule has 0 aliphatic rings. The molecule has 2 aromatic rings. The maximum Gasteiger partial charge on any atom is 0.337 e. The molecule has 2 rings (SSSR count). The van der Waals surface area contributed by atoms with Crippen LogP contribution in [0.15, 0.2) is 28.7 Å². The highest BCUT2D eigenvalue weighted by molar-refractivity contribution is 5.94. The molecule has 0 amide bonds. The van der Waals surface area contributed by atoms with Gasteiger partial charge in [-0.25, -0.2) is 4.79 Å². The minimum absolute atomic E-state index is 0.229. The summed E-state index contributed by atoms with van der Waals surface area (Å²) in [5.41, 5.74) is 1.02. The molecule has 0 bridgehead atoms.